The van der Waals surface area contributed by atoms with Gasteiger partial charge in [0.1, 0.15) is 11.4 Å². The molecule has 0 saturated heterocycles. The number of fused-ring (bicyclic) bond motifs is 2. The predicted molar refractivity (Wildman–Crippen MR) is 136 cm³/mol. The Morgan fingerprint density at radius 2 is 2.11 bits per heavy atom. The fourth-order valence-electron chi connectivity index (χ4n) is 3.54. The van der Waals surface area contributed by atoms with Crippen molar-refractivity contribution in [3.05, 3.63) is 46.4 Å². The summed E-state index contributed by atoms with van der Waals surface area (Å²) < 4.78 is 12.3. The molecule has 0 saturated carbocycles. The van der Waals surface area contributed by atoms with E-state index in [4.69, 9.17) is 9.15 Å². The highest BCUT2D eigenvalue weighted by molar-refractivity contribution is 7.99. The molecular formula is C24H28N6O4S. The van der Waals surface area contributed by atoms with Gasteiger partial charge >= 0.3 is 5.63 Å². The number of anilines is 1. The Hall–Kier alpha value is -3.60. The monoisotopic (exact) mass is 496 g/mol. The van der Waals surface area contributed by atoms with Crippen molar-refractivity contribution in [3.63, 3.8) is 0 Å². The maximum absolute atomic E-state index is 12.7. The Kier molecular flexibility index (Phi) is 7.54. The number of carbonyl (C=O) groups is 1. The quantitative estimate of drug-likeness (QED) is 0.193. The molecule has 11 heteroatoms. The first-order valence-electron chi connectivity index (χ1n) is 11.4. The van der Waals surface area contributed by atoms with Gasteiger partial charge in [0.05, 0.1) is 25.2 Å². The molecule has 35 heavy (non-hydrogen) atoms. The third kappa shape index (κ3) is 5.40. The highest BCUT2D eigenvalue weighted by atomic mass is 32.2. The van der Waals surface area contributed by atoms with Crippen molar-refractivity contribution in [2.75, 3.05) is 31.3 Å². The molecule has 3 heterocycles. The average molecular weight is 497 g/mol. The molecule has 2 N–H and O–H groups in total. The molecule has 10 nitrogen and oxygen atoms in total. The molecule has 1 amide bonds. The molecule has 184 valence electrons. The first kappa shape index (κ1) is 24.5. The number of amides is 1. The molecule has 0 unspecified atom stereocenters. The molecule has 0 spiro atoms. The van der Waals surface area contributed by atoms with Crippen LogP contribution < -0.4 is 21.0 Å². The largest absolute Gasteiger partial charge is 0.493 e. The van der Waals surface area contributed by atoms with Crippen LogP contribution in [0, 0.1) is 5.92 Å². The second-order valence-electron chi connectivity index (χ2n) is 8.25. The Balaban J connectivity index is 1.51. The summed E-state index contributed by atoms with van der Waals surface area (Å²) in [4.78, 5) is 34.4. The minimum absolute atomic E-state index is 0.0693. The van der Waals surface area contributed by atoms with E-state index in [9.17, 15) is 9.59 Å². The highest BCUT2D eigenvalue weighted by Crippen LogP contribution is 2.25. The van der Waals surface area contributed by atoms with Gasteiger partial charge in [0.2, 0.25) is 0 Å². The van der Waals surface area contributed by atoms with Gasteiger partial charge in [-0.2, -0.15) is 5.10 Å². The Morgan fingerprint density at radius 1 is 1.29 bits per heavy atom. The third-order valence-corrected chi connectivity index (χ3v) is 5.95. The van der Waals surface area contributed by atoms with E-state index in [0.29, 0.717) is 40.0 Å². The Labute approximate surface area is 206 Å². The summed E-state index contributed by atoms with van der Waals surface area (Å²) >= 11 is 1.55. The minimum atomic E-state index is -0.723. The molecule has 1 aromatic carbocycles. The number of hydrogen-bond acceptors (Lipinski definition) is 9. The number of nitrogens with zero attached hydrogens (tertiary/aromatic N) is 4. The van der Waals surface area contributed by atoms with E-state index >= 15 is 0 Å². The normalized spacial score (nSPS) is 11.3. The van der Waals surface area contributed by atoms with Crippen LogP contribution in [0.5, 0.6) is 5.75 Å². The molecule has 0 bridgehead atoms. The average Bonchev–Trinajstić information content (AvgIpc) is 3.24. The first-order chi connectivity index (χ1) is 16.9. The molecule has 0 aliphatic heterocycles. The van der Waals surface area contributed by atoms with Crippen LogP contribution in [-0.2, 0) is 6.54 Å². The molecule has 0 atom stereocenters. The van der Waals surface area contributed by atoms with E-state index in [1.807, 2.05) is 6.92 Å². The van der Waals surface area contributed by atoms with Crippen LogP contribution in [-0.4, -0.2) is 51.6 Å². The number of hydrogen-bond donors (Lipinski definition) is 2. The number of benzene rings is 1. The van der Waals surface area contributed by atoms with Crippen LogP contribution in [0.1, 0.15) is 31.1 Å². The summed E-state index contributed by atoms with van der Waals surface area (Å²) in [6.07, 6.45) is 1.73. The lowest BCUT2D eigenvalue weighted by molar-refractivity contribution is 0.0948. The van der Waals surface area contributed by atoms with Gasteiger partial charge in [-0.15, -0.1) is 0 Å². The summed E-state index contributed by atoms with van der Waals surface area (Å²) in [7, 11) is 1.49. The maximum Gasteiger partial charge on any atom is 0.349 e. The molecule has 0 radical (unpaired) electrons. The van der Waals surface area contributed by atoms with Crippen molar-refractivity contribution in [1.29, 1.82) is 0 Å². The summed E-state index contributed by atoms with van der Waals surface area (Å²) in [5, 5.41) is 12.7. The van der Waals surface area contributed by atoms with Crippen LogP contribution in [0.2, 0.25) is 0 Å². The van der Waals surface area contributed by atoms with Crippen LogP contribution in [0.15, 0.2) is 44.8 Å². The lowest BCUT2D eigenvalue weighted by Gasteiger charge is -2.11. The highest BCUT2D eigenvalue weighted by Gasteiger charge is 2.17. The van der Waals surface area contributed by atoms with Crippen LogP contribution in [0.25, 0.3) is 22.0 Å². The van der Waals surface area contributed by atoms with Crippen LogP contribution in [0.3, 0.4) is 0 Å². The van der Waals surface area contributed by atoms with Crippen molar-refractivity contribution in [1.82, 2.24) is 25.1 Å². The number of rotatable bonds is 10. The number of aromatic nitrogens is 4. The van der Waals surface area contributed by atoms with Crippen molar-refractivity contribution in [2.24, 2.45) is 5.92 Å². The SMILES string of the molecule is CCSc1nc(NCC(C)C)c2cnn(CCNC(=O)c3cc4cccc(OC)c4oc3=O)c2n1. The number of carbonyl (C=O) groups excluding carboxylic acids is 1. The summed E-state index contributed by atoms with van der Waals surface area (Å²) in [5.41, 5.74) is 0.203. The zero-order chi connectivity index (χ0) is 24.9. The van der Waals surface area contributed by atoms with Gasteiger partial charge in [-0.3, -0.25) is 4.79 Å². The topological polar surface area (TPSA) is 124 Å². The van der Waals surface area contributed by atoms with E-state index in [1.54, 1.807) is 40.8 Å². The number of methoxy groups -OCH3 is 1. The summed E-state index contributed by atoms with van der Waals surface area (Å²) in [5.74, 6) is 1.97. The van der Waals surface area contributed by atoms with E-state index in [1.165, 1.54) is 13.2 Å². The number of nitrogens with one attached hydrogen (secondary N) is 2. The van der Waals surface area contributed by atoms with Gasteiger partial charge in [0.25, 0.3) is 5.91 Å². The second-order valence-corrected chi connectivity index (χ2v) is 9.48. The minimum Gasteiger partial charge on any atom is -0.493 e. The standard InChI is InChI=1S/C24H28N6O4S/c1-5-35-24-28-20(26-12-14(2)3)17-13-27-30(21(17)29-24)10-9-25-22(31)16-11-15-7-6-8-18(33-4)19(15)34-23(16)32/h6-8,11,13-14H,5,9-10,12H2,1-4H3,(H,25,31)(H,26,28,29). The Morgan fingerprint density at radius 3 is 2.86 bits per heavy atom. The van der Waals surface area contributed by atoms with Gasteiger partial charge in [0.15, 0.2) is 22.1 Å². The molecule has 0 aliphatic rings. The van der Waals surface area contributed by atoms with Crippen molar-refractivity contribution >= 4 is 45.5 Å². The van der Waals surface area contributed by atoms with Crippen molar-refractivity contribution in [2.45, 2.75) is 32.5 Å². The predicted octanol–water partition coefficient (Wildman–Crippen LogP) is 3.55. The lowest BCUT2D eigenvalue weighted by Crippen LogP contribution is -2.31. The first-order valence-corrected chi connectivity index (χ1v) is 12.4. The van der Waals surface area contributed by atoms with E-state index in [0.717, 1.165) is 23.5 Å². The molecule has 0 aliphatic carbocycles. The maximum atomic E-state index is 12.7. The number of ether oxygens (including phenoxy) is 1. The van der Waals surface area contributed by atoms with Gasteiger partial charge in [0, 0.05) is 18.5 Å². The number of para-hydroxylation sites is 1. The zero-order valence-corrected chi connectivity index (χ0v) is 20.9. The summed E-state index contributed by atoms with van der Waals surface area (Å²) in [6.45, 7) is 7.71. The van der Waals surface area contributed by atoms with Gasteiger partial charge < -0.3 is 19.8 Å². The lowest BCUT2D eigenvalue weighted by atomic mass is 10.1. The van der Waals surface area contributed by atoms with Crippen LogP contribution >= 0.6 is 11.8 Å². The van der Waals surface area contributed by atoms with Gasteiger partial charge in [-0.1, -0.05) is 44.7 Å². The Bertz CT molecular complexity index is 1410. The fourth-order valence-corrected chi connectivity index (χ4v) is 4.10. The molecular weight excluding hydrogens is 468 g/mol. The van der Waals surface area contributed by atoms with Crippen LogP contribution in [0.4, 0.5) is 5.82 Å². The van der Waals surface area contributed by atoms with Crippen molar-refractivity contribution in [3.8, 4) is 5.75 Å². The molecule has 4 rings (SSSR count). The molecule has 3 aromatic heterocycles. The van der Waals surface area contributed by atoms with Gasteiger partial charge in [-0.25, -0.2) is 19.4 Å². The van der Waals surface area contributed by atoms with Crippen molar-refractivity contribution < 1.29 is 13.9 Å². The number of thioether (sulfide) groups is 1. The van der Waals surface area contributed by atoms with E-state index < -0.39 is 11.5 Å². The second kappa shape index (κ2) is 10.8. The molecule has 0 fully saturated rings. The molecule has 4 aromatic rings. The van der Waals surface area contributed by atoms with E-state index in [-0.39, 0.29) is 12.1 Å². The summed E-state index contributed by atoms with van der Waals surface area (Å²) in [6, 6.07) is 6.72. The zero-order valence-electron chi connectivity index (χ0n) is 20.1. The third-order valence-electron chi connectivity index (χ3n) is 5.22. The fraction of sp³-hybridized carbons (Fsp3) is 0.375. The van der Waals surface area contributed by atoms with Gasteiger partial charge in [-0.05, 0) is 23.8 Å². The van der Waals surface area contributed by atoms with E-state index in [2.05, 4.69) is 39.5 Å². The smallest absolute Gasteiger partial charge is 0.349 e.